The van der Waals surface area contributed by atoms with E-state index in [1.165, 1.54) is 6.92 Å². The molecule has 1 atom stereocenters. The van der Waals surface area contributed by atoms with E-state index in [0.717, 1.165) is 45.2 Å². The molecule has 0 radical (unpaired) electrons. The third kappa shape index (κ3) is 7.32. The highest BCUT2D eigenvalue weighted by Gasteiger charge is 2.27. The quantitative estimate of drug-likeness (QED) is 0.666. The van der Waals surface area contributed by atoms with Gasteiger partial charge in [-0.15, -0.1) is 0 Å². The van der Waals surface area contributed by atoms with Crippen molar-refractivity contribution < 1.29 is 14.3 Å². The lowest BCUT2D eigenvalue weighted by atomic mass is 10.1. The number of unbranched alkanes of at least 4 members (excludes halogenated alkanes) is 2. The average molecular weight is 299 g/mol. The molecule has 0 spiro atoms. The molecule has 0 saturated carbocycles. The van der Waals surface area contributed by atoms with Crippen molar-refractivity contribution in [1.29, 1.82) is 0 Å². The number of nitrogens with zero attached hydrogens (tertiary/aromatic N) is 1. The minimum Gasteiger partial charge on any atom is -0.449 e. The molecule has 0 aromatic rings. The average Bonchev–Trinajstić information content (AvgIpc) is 2.47. The predicted molar refractivity (Wildman–Crippen MR) is 82.2 cm³/mol. The first-order valence-corrected chi connectivity index (χ1v) is 8.03. The fraction of sp³-hybridized carbons (Fsp3) is 0.867. The molecule has 1 saturated heterocycles. The van der Waals surface area contributed by atoms with Crippen molar-refractivity contribution in [3.63, 3.8) is 0 Å². The summed E-state index contributed by atoms with van der Waals surface area (Å²) >= 11 is 0. The van der Waals surface area contributed by atoms with Gasteiger partial charge in [0.2, 0.25) is 5.91 Å². The summed E-state index contributed by atoms with van der Waals surface area (Å²) in [6.45, 7) is 7.18. The number of ether oxygens (including phenoxy) is 1. The first kappa shape index (κ1) is 17.8. The van der Waals surface area contributed by atoms with Crippen LogP contribution in [0.4, 0.5) is 4.79 Å². The summed E-state index contributed by atoms with van der Waals surface area (Å²) in [5.74, 6) is 0.00969. The summed E-state index contributed by atoms with van der Waals surface area (Å²) in [4.78, 5) is 24.7. The lowest BCUT2D eigenvalue weighted by molar-refractivity contribution is -0.118. The van der Waals surface area contributed by atoms with Crippen LogP contribution in [0.5, 0.6) is 0 Å². The van der Waals surface area contributed by atoms with Crippen LogP contribution in [0.3, 0.4) is 0 Å². The van der Waals surface area contributed by atoms with Crippen LogP contribution in [0, 0.1) is 0 Å². The zero-order valence-corrected chi connectivity index (χ0v) is 13.3. The summed E-state index contributed by atoms with van der Waals surface area (Å²) in [5, 5.41) is 6.12. The molecular formula is C15H29N3O3. The topological polar surface area (TPSA) is 70.7 Å². The molecule has 1 heterocycles. The third-order valence-corrected chi connectivity index (χ3v) is 3.65. The number of nitrogens with one attached hydrogen (secondary N) is 2. The molecule has 0 unspecified atom stereocenters. The summed E-state index contributed by atoms with van der Waals surface area (Å²) in [6, 6.07) is 0.199. The van der Waals surface area contributed by atoms with E-state index in [0.29, 0.717) is 19.7 Å². The van der Waals surface area contributed by atoms with Crippen molar-refractivity contribution in [3.05, 3.63) is 0 Å². The smallest absolute Gasteiger partial charge is 0.410 e. The molecule has 1 rings (SSSR count). The number of carbonyl (C=O) groups is 2. The Kier molecular flexibility index (Phi) is 8.82. The van der Waals surface area contributed by atoms with Crippen LogP contribution < -0.4 is 10.6 Å². The zero-order valence-electron chi connectivity index (χ0n) is 13.3. The largest absolute Gasteiger partial charge is 0.449 e. The molecule has 0 aromatic carbocycles. The van der Waals surface area contributed by atoms with Crippen LogP contribution in [0.1, 0.15) is 46.0 Å². The molecule has 1 fully saturated rings. The van der Waals surface area contributed by atoms with Crippen LogP contribution in [0.2, 0.25) is 0 Å². The summed E-state index contributed by atoms with van der Waals surface area (Å²) in [7, 11) is 0. The number of piperazine rings is 1. The van der Waals surface area contributed by atoms with E-state index in [2.05, 4.69) is 17.6 Å². The maximum Gasteiger partial charge on any atom is 0.410 e. The van der Waals surface area contributed by atoms with Crippen molar-refractivity contribution in [3.8, 4) is 0 Å². The highest BCUT2D eigenvalue weighted by Crippen LogP contribution is 2.12. The molecule has 0 aromatic heterocycles. The van der Waals surface area contributed by atoms with E-state index >= 15 is 0 Å². The van der Waals surface area contributed by atoms with E-state index in [-0.39, 0.29) is 18.0 Å². The normalized spacial score (nSPS) is 18.4. The van der Waals surface area contributed by atoms with Gasteiger partial charge in [-0.05, 0) is 25.7 Å². The number of amides is 2. The Morgan fingerprint density at radius 2 is 2.14 bits per heavy atom. The van der Waals surface area contributed by atoms with Crippen LogP contribution >= 0.6 is 0 Å². The van der Waals surface area contributed by atoms with Crippen LogP contribution in [0.25, 0.3) is 0 Å². The fourth-order valence-corrected chi connectivity index (χ4v) is 2.42. The number of carbonyl (C=O) groups excluding carboxylic acids is 2. The first-order valence-electron chi connectivity index (χ1n) is 8.03. The van der Waals surface area contributed by atoms with Gasteiger partial charge in [-0.3, -0.25) is 4.79 Å². The van der Waals surface area contributed by atoms with E-state index in [1.807, 2.05) is 4.90 Å². The van der Waals surface area contributed by atoms with Gasteiger partial charge in [0.1, 0.15) is 0 Å². The lowest BCUT2D eigenvalue weighted by Gasteiger charge is -2.35. The molecular weight excluding hydrogens is 270 g/mol. The van der Waals surface area contributed by atoms with Gasteiger partial charge < -0.3 is 20.3 Å². The molecule has 1 aliphatic heterocycles. The van der Waals surface area contributed by atoms with E-state index in [1.54, 1.807) is 0 Å². The number of hydrogen-bond acceptors (Lipinski definition) is 4. The molecule has 1 aliphatic rings. The van der Waals surface area contributed by atoms with E-state index in [9.17, 15) is 9.59 Å². The SMILES string of the molecule is CCCCOC(=O)N1CCNC[C@@H]1CCCCNC(C)=O. The summed E-state index contributed by atoms with van der Waals surface area (Å²) in [5.41, 5.74) is 0. The molecule has 21 heavy (non-hydrogen) atoms. The molecule has 0 bridgehead atoms. The maximum atomic E-state index is 12.1. The molecule has 6 nitrogen and oxygen atoms in total. The molecule has 0 aliphatic carbocycles. The Labute approximate surface area is 127 Å². The van der Waals surface area contributed by atoms with Gasteiger partial charge >= 0.3 is 6.09 Å². The summed E-state index contributed by atoms with van der Waals surface area (Å²) in [6.07, 6.45) is 4.63. The lowest BCUT2D eigenvalue weighted by Crippen LogP contribution is -2.53. The van der Waals surface area contributed by atoms with Crippen molar-refractivity contribution in [2.45, 2.75) is 52.0 Å². The van der Waals surface area contributed by atoms with Gasteiger partial charge in [0, 0.05) is 39.1 Å². The van der Waals surface area contributed by atoms with Crippen molar-refractivity contribution in [1.82, 2.24) is 15.5 Å². The van der Waals surface area contributed by atoms with Gasteiger partial charge in [-0.25, -0.2) is 4.79 Å². The minimum absolute atomic E-state index is 0.00969. The van der Waals surface area contributed by atoms with Crippen molar-refractivity contribution in [2.75, 3.05) is 32.8 Å². The second-order valence-electron chi connectivity index (χ2n) is 5.50. The van der Waals surface area contributed by atoms with Crippen LogP contribution in [0.15, 0.2) is 0 Å². The van der Waals surface area contributed by atoms with Gasteiger partial charge in [0.05, 0.1) is 6.61 Å². The van der Waals surface area contributed by atoms with E-state index < -0.39 is 0 Å². The number of hydrogen-bond donors (Lipinski definition) is 2. The molecule has 122 valence electrons. The van der Waals surface area contributed by atoms with E-state index in [4.69, 9.17) is 4.74 Å². The van der Waals surface area contributed by atoms with Gasteiger partial charge in [0.15, 0.2) is 0 Å². The predicted octanol–water partition coefficient (Wildman–Crippen LogP) is 1.50. The maximum absolute atomic E-state index is 12.1. The standard InChI is InChI=1S/C15H29N3O3/c1-3-4-11-21-15(20)18-10-9-16-12-14(18)7-5-6-8-17-13(2)19/h14,16H,3-12H2,1-2H3,(H,17,19)/t14-/m0/s1. The van der Waals surface area contributed by atoms with Crippen LogP contribution in [-0.4, -0.2) is 55.7 Å². The Bertz CT molecular complexity index is 323. The van der Waals surface area contributed by atoms with Crippen LogP contribution in [-0.2, 0) is 9.53 Å². The Balaban J connectivity index is 2.28. The molecule has 2 amide bonds. The Morgan fingerprint density at radius 1 is 1.33 bits per heavy atom. The molecule has 6 heteroatoms. The van der Waals surface area contributed by atoms with Crippen molar-refractivity contribution >= 4 is 12.0 Å². The Hall–Kier alpha value is -1.30. The van der Waals surface area contributed by atoms with Gasteiger partial charge in [0.25, 0.3) is 0 Å². The summed E-state index contributed by atoms with van der Waals surface area (Å²) < 4.78 is 5.31. The second-order valence-corrected chi connectivity index (χ2v) is 5.50. The monoisotopic (exact) mass is 299 g/mol. The first-order chi connectivity index (χ1) is 10.1. The Morgan fingerprint density at radius 3 is 2.86 bits per heavy atom. The van der Waals surface area contributed by atoms with Gasteiger partial charge in [-0.2, -0.15) is 0 Å². The van der Waals surface area contributed by atoms with Crippen molar-refractivity contribution in [2.24, 2.45) is 0 Å². The highest BCUT2D eigenvalue weighted by atomic mass is 16.6. The minimum atomic E-state index is -0.184. The zero-order chi connectivity index (χ0) is 15.5. The fourth-order valence-electron chi connectivity index (χ4n) is 2.42. The third-order valence-electron chi connectivity index (χ3n) is 3.65. The second kappa shape index (κ2) is 10.4. The molecule has 2 N–H and O–H groups in total. The highest BCUT2D eigenvalue weighted by molar-refractivity contribution is 5.72. The van der Waals surface area contributed by atoms with Gasteiger partial charge in [-0.1, -0.05) is 13.3 Å². The number of rotatable bonds is 8.